The molecule has 0 saturated heterocycles. The number of nitrogens with zero attached hydrogens (tertiary/aromatic N) is 2. The van der Waals surface area contributed by atoms with E-state index in [1.165, 1.54) is 10.5 Å². The van der Waals surface area contributed by atoms with Crippen LogP contribution in [0.5, 0.6) is 0 Å². The van der Waals surface area contributed by atoms with Gasteiger partial charge in [-0.2, -0.15) is 13.2 Å². The fraction of sp³-hybridized carbons (Fsp3) is 0.0476. The van der Waals surface area contributed by atoms with E-state index in [0.717, 1.165) is 12.1 Å². The van der Waals surface area contributed by atoms with Crippen LogP contribution in [0.25, 0.3) is 38.2 Å². The molecular weight excluding hydrogens is 353 g/mol. The van der Waals surface area contributed by atoms with E-state index in [1.54, 1.807) is 48.5 Å². The predicted molar refractivity (Wildman–Crippen MR) is 99.0 cm³/mol. The molecule has 2 heterocycles. The molecule has 5 rings (SSSR count). The van der Waals surface area contributed by atoms with E-state index in [9.17, 15) is 18.0 Å². The Kier molecular flexibility index (Phi) is 3.10. The van der Waals surface area contributed by atoms with Gasteiger partial charge in [0.15, 0.2) is 0 Å². The quantitative estimate of drug-likeness (QED) is 0.281. The van der Waals surface area contributed by atoms with E-state index in [-0.39, 0.29) is 5.56 Å². The van der Waals surface area contributed by atoms with Crippen molar-refractivity contribution < 1.29 is 13.2 Å². The van der Waals surface area contributed by atoms with Crippen LogP contribution in [-0.2, 0) is 6.18 Å². The van der Waals surface area contributed by atoms with Gasteiger partial charge in [0.05, 0.1) is 22.0 Å². The lowest BCUT2D eigenvalue weighted by Crippen LogP contribution is -2.16. The molecule has 0 amide bonds. The Morgan fingerprint density at radius 1 is 0.778 bits per heavy atom. The number of para-hydroxylation sites is 2. The summed E-state index contributed by atoms with van der Waals surface area (Å²) in [6.07, 6.45) is -4.45. The van der Waals surface area contributed by atoms with Crippen LogP contribution in [0.3, 0.4) is 0 Å². The number of pyridine rings is 1. The van der Waals surface area contributed by atoms with E-state index in [1.807, 2.05) is 0 Å². The summed E-state index contributed by atoms with van der Waals surface area (Å²) >= 11 is 0. The number of hydrogen-bond donors (Lipinski definition) is 0. The summed E-state index contributed by atoms with van der Waals surface area (Å²) in [4.78, 5) is 17.7. The molecule has 132 valence electrons. The highest BCUT2D eigenvalue weighted by Gasteiger charge is 2.31. The van der Waals surface area contributed by atoms with Gasteiger partial charge in [0.1, 0.15) is 5.65 Å². The highest BCUT2D eigenvalue weighted by atomic mass is 19.4. The Bertz CT molecular complexity index is 1430. The maximum Gasteiger partial charge on any atom is 0.416 e. The molecule has 0 aliphatic carbocycles. The molecule has 0 radical (unpaired) electrons. The topological polar surface area (TPSA) is 34.4 Å². The van der Waals surface area contributed by atoms with Gasteiger partial charge in [0.2, 0.25) is 0 Å². The molecule has 0 aliphatic rings. The second kappa shape index (κ2) is 5.30. The Labute approximate surface area is 150 Å². The molecule has 0 bridgehead atoms. The van der Waals surface area contributed by atoms with Crippen molar-refractivity contribution in [2.24, 2.45) is 0 Å². The third-order valence-corrected chi connectivity index (χ3v) is 4.80. The number of rotatable bonds is 0. The van der Waals surface area contributed by atoms with Crippen LogP contribution in [-0.4, -0.2) is 9.38 Å². The molecular formula is C21H11F3N2O. The lowest BCUT2D eigenvalue weighted by molar-refractivity contribution is -0.137. The second-order valence-electron chi connectivity index (χ2n) is 6.37. The largest absolute Gasteiger partial charge is 0.416 e. The van der Waals surface area contributed by atoms with Crippen molar-refractivity contribution in [1.29, 1.82) is 0 Å². The van der Waals surface area contributed by atoms with Crippen molar-refractivity contribution in [3.05, 3.63) is 82.6 Å². The van der Waals surface area contributed by atoms with Gasteiger partial charge in [-0.25, -0.2) is 4.98 Å². The number of alkyl halides is 3. The normalized spacial score (nSPS) is 12.4. The molecule has 3 nitrogen and oxygen atoms in total. The van der Waals surface area contributed by atoms with Gasteiger partial charge in [-0.05, 0) is 35.7 Å². The van der Waals surface area contributed by atoms with Gasteiger partial charge >= 0.3 is 6.18 Å². The number of benzene rings is 3. The maximum absolute atomic E-state index is 13.2. The summed E-state index contributed by atoms with van der Waals surface area (Å²) in [6, 6.07) is 17.4. The van der Waals surface area contributed by atoms with Crippen LogP contribution in [0.2, 0.25) is 0 Å². The minimum absolute atomic E-state index is 0.242. The summed E-state index contributed by atoms with van der Waals surface area (Å²) in [7, 11) is 0. The maximum atomic E-state index is 13.2. The monoisotopic (exact) mass is 364 g/mol. The number of aromatic nitrogens is 2. The SMILES string of the molecule is O=c1c2ccccc2nc2c3ccc(C(F)(F)F)cc3c3ccccc3n12. The van der Waals surface area contributed by atoms with Gasteiger partial charge in [-0.15, -0.1) is 0 Å². The van der Waals surface area contributed by atoms with Crippen molar-refractivity contribution in [2.45, 2.75) is 6.18 Å². The third kappa shape index (κ3) is 2.23. The first-order valence-electron chi connectivity index (χ1n) is 8.28. The van der Waals surface area contributed by atoms with Gasteiger partial charge < -0.3 is 0 Å². The summed E-state index contributed by atoms with van der Waals surface area (Å²) < 4.78 is 41.2. The van der Waals surface area contributed by atoms with E-state index >= 15 is 0 Å². The molecule has 2 aromatic heterocycles. The van der Waals surface area contributed by atoms with Crippen molar-refractivity contribution in [3.63, 3.8) is 0 Å². The van der Waals surface area contributed by atoms with Crippen molar-refractivity contribution in [2.75, 3.05) is 0 Å². The van der Waals surface area contributed by atoms with Crippen LogP contribution < -0.4 is 5.56 Å². The van der Waals surface area contributed by atoms with Gasteiger partial charge in [0, 0.05) is 10.8 Å². The van der Waals surface area contributed by atoms with E-state index < -0.39 is 11.7 Å². The molecule has 0 unspecified atom stereocenters. The molecule has 5 aromatic rings. The molecule has 27 heavy (non-hydrogen) atoms. The average Bonchev–Trinajstić information content (AvgIpc) is 2.67. The van der Waals surface area contributed by atoms with Crippen molar-refractivity contribution in [1.82, 2.24) is 9.38 Å². The molecule has 0 fully saturated rings. The highest BCUT2D eigenvalue weighted by Crippen LogP contribution is 2.35. The first kappa shape index (κ1) is 15.8. The second-order valence-corrected chi connectivity index (χ2v) is 6.37. The van der Waals surface area contributed by atoms with Crippen molar-refractivity contribution in [3.8, 4) is 0 Å². The fourth-order valence-electron chi connectivity index (χ4n) is 3.57. The van der Waals surface area contributed by atoms with Gasteiger partial charge in [-0.1, -0.05) is 36.4 Å². The Balaban J connectivity index is 2.11. The summed E-state index contributed by atoms with van der Waals surface area (Å²) in [5.74, 6) is 0. The molecule has 0 aliphatic heterocycles. The number of fused-ring (bicyclic) bond motifs is 7. The molecule has 0 spiro atoms. The van der Waals surface area contributed by atoms with Crippen LogP contribution in [0.1, 0.15) is 5.56 Å². The summed E-state index contributed by atoms with van der Waals surface area (Å²) in [5.41, 5.74) is 0.420. The van der Waals surface area contributed by atoms with Crippen LogP contribution >= 0.6 is 0 Å². The lowest BCUT2D eigenvalue weighted by Gasteiger charge is -2.14. The Morgan fingerprint density at radius 3 is 2.26 bits per heavy atom. The lowest BCUT2D eigenvalue weighted by atomic mass is 10.0. The highest BCUT2D eigenvalue weighted by molar-refractivity contribution is 6.12. The zero-order chi connectivity index (χ0) is 18.8. The summed E-state index contributed by atoms with van der Waals surface area (Å²) in [5, 5.41) is 1.96. The predicted octanol–water partition coefficient (Wildman–Crippen LogP) is 5.17. The third-order valence-electron chi connectivity index (χ3n) is 4.80. The first-order valence-corrected chi connectivity index (χ1v) is 8.28. The van der Waals surface area contributed by atoms with Gasteiger partial charge in [0.25, 0.3) is 5.56 Å². The van der Waals surface area contributed by atoms with Crippen LogP contribution in [0, 0.1) is 0 Å². The minimum atomic E-state index is -4.45. The van der Waals surface area contributed by atoms with E-state index in [2.05, 4.69) is 4.98 Å². The van der Waals surface area contributed by atoms with Crippen LogP contribution in [0.4, 0.5) is 13.2 Å². The number of halogens is 3. The first-order chi connectivity index (χ1) is 12.9. The van der Waals surface area contributed by atoms with Crippen molar-refractivity contribution >= 4 is 38.2 Å². The zero-order valence-electron chi connectivity index (χ0n) is 13.8. The molecule has 0 atom stereocenters. The molecule has 0 saturated carbocycles. The molecule has 3 aromatic carbocycles. The Morgan fingerprint density at radius 2 is 1.48 bits per heavy atom. The Hall–Kier alpha value is -3.41. The number of hydrogen-bond acceptors (Lipinski definition) is 2. The average molecular weight is 364 g/mol. The van der Waals surface area contributed by atoms with Gasteiger partial charge in [-0.3, -0.25) is 9.20 Å². The van der Waals surface area contributed by atoms with E-state index in [0.29, 0.717) is 38.2 Å². The minimum Gasteiger partial charge on any atom is -0.268 e. The zero-order valence-corrected chi connectivity index (χ0v) is 13.8. The molecule has 6 heteroatoms. The van der Waals surface area contributed by atoms with E-state index in [4.69, 9.17) is 0 Å². The molecule has 0 N–H and O–H groups in total. The smallest absolute Gasteiger partial charge is 0.268 e. The standard InChI is InChI=1S/C21H11F3N2O/c22-21(23,24)12-9-10-14-16(11-12)13-5-2-4-8-18(13)26-19(14)25-17-7-3-1-6-15(17)20(26)27/h1-11H. The summed E-state index contributed by atoms with van der Waals surface area (Å²) in [6.45, 7) is 0. The van der Waals surface area contributed by atoms with Crippen LogP contribution in [0.15, 0.2) is 71.5 Å². The fourth-order valence-corrected chi connectivity index (χ4v) is 3.57.